The molecule has 0 aliphatic rings. The summed E-state index contributed by atoms with van der Waals surface area (Å²) < 4.78 is 5.96. The quantitative estimate of drug-likeness (QED) is 0.637. The van der Waals surface area contributed by atoms with Gasteiger partial charge in [-0.25, -0.2) is 0 Å². The van der Waals surface area contributed by atoms with Crippen LogP contribution in [0.2, 0.25) is 5.02 Å². The second-order valence-corrected chi connectivity index (χ2v) is 6.46. The van der Waals surface area contributed by atoms with E-state index in [0.717, 1.165) is 42.1 Å². The lowest BCUT2D eigenvalue weighted by Crippen LogP contribution is -2.25. The van der Waals surface area contributed by atoms with E-state index < -0.39 is 0 Å². The first-order chi connectivity index (χ1) is 11.6. The van der Waals surface area contributed by atoms with Crippen LogP contribution in [-0.4, -0.2) is 30.9 Å². The highest BCUT2D eigenvalue weighted by Crippen LogP contribution is 2.25. The minimum Gasteiger partial charge on any atom is -0.493 e. The van der Waals surface area contributed by atoms with Gasteiger partial charge in [-0.15, -0.1) is 0 Å². The van der Waals surface area contributed by atoms with Crippen LogP contribution in [0.25, 0.3) is 0 Å². The summed E-state index contributed by atoms with van der Waals surface area (Å²) in [6.45, 7) is 4.00. The van der Waals surface area contributed by atoms with E-state index in [-0.39, 0.29) is 6.10 Å². The molecule has 24 heavy (non-hydrogen) atoms. The molecule has 0 saturated carbocycles. The molecule has 0 radical (unpaired) electrons. The van der Waals surface area contributed by atoms with E-state index >= 15 is 0 Å². The Hall–Kier alpha value is -1.55. The average Bonchev–Trinajstić information content (AvgIpc) is 2.56. The normalized spacial score (nSPS) is 12.1. The first-order valence-corrected chi connectivity index (χ1v) is 8.87. The smallest absolute Gasteiger partial charge is 0.122 e. The zero-order valence-electron chi connectivity index (χ0n) is 14.2. The highest BCUT2D eigenvalue weighted by Gasteiger charge is 2.06. The van der Waals surface area contributed by atoms with Gasteiger partial charge in [0.05, 0.1) is 12.7 Å². The number of hydrogen-bond donors (Lipinski definition) is 2. The van der Waals surface area contributed by atoms with Gasteiger partial charge in [0.15, 0.2) is 0 Å². The molecular weight excluding hydrogens is 322 g/mol. The molecule has 2 aromatic carbocycles. The Morgan fingerprint density at radius 1 is 1.12 bits per heavy atom. The topological polar surface area (TPSA) is 41.5 Å². The van der Waals surface area contributed by atoms with E-state index in [1.807, 2.05) is 36.4 Å². The van der Waals surface area contributed by atoms with Crippen LogP contribution >= 0.6 is 11.6 Å². The van der Waals surface area contributed by atoms with Gasteiger partial charge in [0, 0.05) is 18.0 Å². The van der Waals surface area contributed by atoms with Crippen molar-refractivity contribution in [3.8, 4) is 5.75 Å². The Bertz CT molecular complexity index is 602. The molecule has 0 aromatic heterocycles. The molecule has 0 aliphatic heterocycles. The molecule has 0 fully saturated rings. The van der Waals surface area contributed by atoms with E-state index in [9.17, 15) is 5.11 Å². The van der Waals surface area contributed by atoms with Crippen molar-refractivity contribution in [3.05, 3.63) is 64.7 Å². The second kappa shape index (κ2) is 10.3. The van der Waals surface area contributed by atoms with Gasteiger partial charge in [-0.2, -0.15) is 0 Å². The Labute approximate surface area is 149 Å². The Kier molecular flexibility index (Phi) is 8.10. The van der Waals surface area contributed by atoms with Crippen LogP contribution < -0.4 is 10.1 Å². The predicted molar refractivity (Wildman–Crippen MR) is 100.0 cm³/mol. The van der Waals surface area contributed by atoms with Gasteiger partial charge in [-0.1, -0.05) is 41.9 Å². The maximum Gasteiger partial charge on any atom is 0.122 e. The van der Waals surface area contributed by atoms with Gasteiger partial charge < -0.3 is 15.2 Å². The highest BCUT2D eigenvalue weighted by atomic mass is 35.5. The van der Waals surface area contributed by atoms with Crippen molar-refractivity contribution in [2.45, 2.75) is 32.3 Å². The summed E-state index contributed by atoms with van der Waals surface area (Å²) in [4.78, 5) is 0. The van der Waals surface area contributed by atoms with Crippen LogP contribution in [-0.2, 0) is 6.42 Å². The first kappa shape index (κ1) is 18.8. The predicted octanol–water partition coefficient (Wildman–Crippen LogP) is 4.06. The third-order valence-corrected chi connectivity index (χ3v) is 3.94. The number of unbranched alkanes of at least 4 members (excludes halogenated alkanes) is 1. The van der Waals surface area contributed by atoms with Crippen molar-refractivity contribution in [2.75, 3.05) is 19.7 Å². The molecule has 2 rings (SSSR count). The molecule has 3 nitrogen and oxygen atoms in total. The Morgan fingerprint density at radius 2 is 1.92 bits per heavy atom. The van der Waals surface area contributed by atoms with Crippen LogP contribution in [0.5, 0.6) is 5.75 Å². The summed E-state index contributed by atoms with van der Waals surface area (Å²) in [6.07, 6.45) is 2.51. The number of ether oxygens (including phenoxy) is 1. The zero-order valence-corrected chi connectivity index (χ0v) is 14.9. The molecule has 1 unspecified atom stereocenters. The molecular formula is C20H26ClNO2. The number of aliphatic hydroxyl groups is 1. The molecule has 2 aromatic rings. The molecule has 0 saturated heterocycles. The Morgan fingerprint density at radius 3 is 2.67 bits per heavy atom. The summed E-state index contributed by atoms with van der Waals surface area (Å²) in [5.41, 5.74) is 2.35. The van der Waals surface area contributed by atoms with Crippen LogP contribution in [0.15, 0.2) is 48.5 Å². The number of rotatable bonds is 10. The summed E-state index contributed by atoms with van der Waals surface area (Å²) in [6, 6.07) is 16.1. The largest absolute Gasteiger partial charge is 0.493 e. The fourth-order valence-electron chi connectivity index (χ4n) is 2.49. The minimum atomic E-state index is -0.295. The lowest BCUT2D eigenvalue weighted by atomic mass is 10.0. The van der Waals surface area contributed by atoms with Crippen LogP contribution in [0, 0.1) is 0 Å². The van der Waals surface area contributed by atoms with Gasteiger partial charge in [0.25, 0.3) is 0 Å². The number of halogens is 1. The van der Waals surface area contributed by atoms with E-state index in [1.54, 1.807) is 6.92 Å². The van der Waals surface area contributed by atoms with Gasteiger partial charge in [-0.3, -0.25) is 0 Å². The van der Waals surface area contributed by atoms with Crippen molar-refractivity contribution >= 4 is 11.6 Å². The third-order valence-electron chi connectivity index (χ3n) is 3.71. The van der Waals surface area contributed by atoms with Crippen molar-refractivity contribution in [1.82, 2.24) is 5.32 Å². The maximum atomic E-state index is 9.18. The SMILES string of the molecule is CC(O)CNCCCCOc1ccc(Cl)cc1Cc1ccccc1. The molecule has 0 spiro atoms. The van der Waals surface area contributed by atoms with Crippen LogP contribution in [0.4, 0.5) is 0 Å². The molecule has 130 valence electrons. The summed E-state index contributed by atoms with van der Waals surface area (Å²) in [5, 5.41) is 13.1. The maximum absolute atomic E-state index is 9.18. The second-order valence-electron chi connectivity index (χ2n) is 6.02. The first-order valence-electron chi connectivity index (χ1n) is 8.49. The lowest BCUT2D eigenvalue weighted by Gasteiger charge is -2.12. The summed E-state index contributed by atoms with van der Waals surface area (Å²) in [5.74, 6) is 0.903. The summed E-state index contributed by atoms with van der Waals surface area (Å²) >= 11 is 6.14. The number of nitrogens with one attached hydrogen (secondary N) is 1. The molecule has 4 heteroatoms. The minimum absolute atomic E-state index is 0.295. The van der Waals surface area contributed by atoms with Crippen LogP contribution in [0.1, 0.15) is 30.9 Å². The molecule has 1 atom stereocenters. The van der Waals surface area contributed by atoms with E-state index in [4.69, 9.17) is 16.3 Å². The average molecular weight is 348 g/mol. The van der Waals surface area contributed by atoms with Gasteiger partial charge in [0.1, 0.15) is 5.75 Å². The van der Waals surface area contributed by atoms with Gasteiger partial charge in [-0.05, 0) is 55.6 Å². The fraction of sp³-hybridized carbons (Fsp3) is 0.400. The summed E-state index contributed by atoms with van der Waals surface area (Å²) in [7, 11) is 0. The Balaban J connectivity index is 1.82. The van der Waals surface area contributed by atoms with Crippen molar-refractivity contribution in [3.63, 3.8) is 0 Å². The standard InChI is InChI=1S/C20H26ClNO2/c1-16(23)15-22-11-5-6-12-24-20-10-9-19(21)14-18(20)13-17-7-3-2-4-8-17/h2-4,7-10,14,16,22-23H,5-6,11-13,15H2,1H3. The number of benzene rings is 2. The molecule has 2 N–H and O–H groups in total. The fourth-order valence-corrected chi connectivity index (χ4v) is 2.68. The molecule has 0 bridgehead atoms. The van der Waals surface area contributed by atoms with Crippen molar-refractivity contribution in [1.29, 1.82) is 0 Å². The molecule has 0 amide bonds. The molecule has 0 heterocycles. The number of aliphatic hydroxyl groups excluding tert-OH is 1. The zero-order chi connectivity index (χ0) is 17.2. The van der Waals surface area contributed by atoms with Gasteiger partial charge in [0.2, 0.25) is 0 Å². The van der Waals surface area contributed by atoms with E-state index in [2.05, 4.69) is 17.4 Å². The highest BCUT2D eigenvalue weighted by molar-refractivity contribution is 6.30. The third kappa shape index (κ3) is 6.91. The van der Waals surface area contributed by atoms with Crippen molar-refractivity contribution in [2.24, 2.45) is 0 Å². The molecule has 0 aliphatic carbocycles. The van der Waals surface area contributed by atoms with Crippen LogP contribution in [0.3, 0.4) is 0 Å². The van der Waals surface area contributed by atoms with E-state index in [0.29, 0.717) is 13.2 Å². The number of hydrogen-bond acceptors (Lipinski definition) is 3. The van der Waals surface area contributed by atoms with E-state index in [1.165, 1.54) is 5.56 Å². The lowest BCUT2D eigenvalue weighted by molar-refractivity contribution is 0.191. The van der Waals surface area contributed by atoms with Gasteiger partial charge >= 0.3 is 0 Å². The monoisotopic (exact) mass is 347 g/mol. The van der Waals surface area contributed by atoms with Crippen molar-refractivity contribution < 1.29 is 9.84 Å².